The van der Waals surface area contributed by atoms with Crippen molar-refractivity contribution in [1.29, 1.82) is 0 Å². The summed E-state index contributed by atoms with van der Waals surface area (Å²) < 4.78 is 28.3. The Kier molecular flexibility index (Phi) is 4.03. The summed E-state index contributed by atoms with van der Waals surface area (Å²) in [5.74, 6) is -1.27. The number of nitrogens with zero attached hydrogens (tertiary/aromatic N) is 5. The fourth-order valence-corrected chi connectivity index (χ4v) is 2.60. The molecule has 4 rings (SSSR count). The zero-order valence-electron chi connectivity index (χ0n) is 13.7. The summed E-state index contributed by atoms with van der Waals surface area (Å²) in [6, 6.07) is 10.5. The van der Waals surface area contributed by atoms with Gasteiger partial charge in [-0.1, -0.05) is 5.21 Å². The topological polar surface area (TPSA) is 82.7 Å². The average molecular weight is 367 g/mol. The Hall–Kier alpha value is -3.75. The third-order valence-corrected chi connectivity index (χ3v) is 3.99. The molecule has 0 saturated heterocycles. The van der Waals surface area contributed by atoms with E-state index in [0.717, 1.165) is 16.8 Å². The molecule has 2 aromatic heterocycles. The number of ketones is 1. The second-order valence-electron chi connectivity index (χ2n) is 5.75. The first kappa shape index (κ1) is 16.7. The van der Waals surface area contributed by atoms with E-state index in [1.807, 2.05) is 0 Å². The van der Waals surface area contributed by atoms with Crippen LogP contribution in [0.1, 0.15) is 10.4 Å². The first-order chi connectivity index (χ1) is 13.0. The smallest absolute Gasteiger partial charge is 0.281 e. The van der Waals surface area contributed by atoms with Crippen LogP contribution in [0.4, 0.5) is 8.78 Å². The summed E-state index contributed by atoms with van der Waals surface area (Å²) >= 11 is 0. The van der Waals surface area contributed by atoms with Crippen LogP contribution in [-0.2, 0) is 6.54 Å². The number of fused-ring (bicyclic) bond motifs is 1. The second-order valence-corrected chi connectivity index (χ2v) is 5.75. The normalized spacial score (nSPS) is 11.0. The Bertz CT molecular complexity index is 1200. The van der Waals surface area contributed by atoms with Gasteiger partial charge in [-0.3, -0.25) is 9.59 Å². The molecule has 0 aliphatic heterocycles. The van der Waals surface area contributed by atoms with Crippen molar-refractivity contribution in [2.24, 2.45) is 0 Å². The molecule has 4 aromatic rings. The third kappa shape index (κ3) is 3.10. The Morgan fingerprint density at radius 3 is 2.26 bits per heavy atom. The molecule has 0 atom stereocenters. The van der Waals surface area contributed by atoms with Crippen molar-refractivity contribution in [1.82, 2.24) is 24.8 Å². The van der Waals surface area contributed by atoms with Gasteiger partial charge in [0.15, 0.2) is 11.4 Å². The molecule has 9 heteroatoms. The first-order valence-corrected chi connectivity index (χ1v) is 7.89. The highest BCUT2D eigenvalue weighted by Crippen LogP contribution is 2.13. The van der Waals surface area contributed by atoms with Crippen LogP contribution in [0.15, 0.2) is 59.5 Å². The van der Waals surface area contributed by atoms with Gasteiger partial charge in [-0.05, 0) is 48.5 Å². The highest BCUT2D eigenvalue weighted by molar-refractivity contribution is 5.95. The summed E-state index contributed by atoms with van der Waals surface area (Å²) in [4.78, 5) is 24.8. The highest BCUT2D eigenvalue weighted by atomic mass is 19.1. The zero-order valence-corrected chi connectivity index (χ0v) is 13.7. The summed E-state index contributed by atoms with van der Waals surface area (Å²) in [5, 5.41) is 12.0. The van der Waals surface area contributed by atoms with Gasteiger partial charge in [0.1, 0.15) is 23.6 Å². The lowest BCUT2D eigenvalue weighted by molar-refractivity contribution is 0.0964. The van der Waals surface area contributed by atoms with Gasteiger partial charge in [-0.2, -0.15) is 5.10 Å². The van der Waals surface area contributed by atoms with Crippen LogP contribution in [-0.4, -0.2) is 30.6 Å². The maximum atomic E-state index is 13.1. The van der Waals surface area contributed by atoms with Crippen LogP contribution in [0, 0.1) is 11.6 Å². The SMILES string of the molecule is O=C(Cn1nnc2c(cnn2-c2ccc(F)cc2)c1=O)c1ccc(F)cc1. The number of benzene rings is 2. The number of aromatic nitrogens is 5. The first-order valence-electron chi connectivity index (χ1n) is 7.89. The van der Waals surface area contributed by atoms with E-state index in [1.165, 1.54) is 47.3 Å². The van der Waals surface area contributed by atoms with E-state index in [0.29, 0.717) is 5.69 Å². The molecule has 2 aromatic carbocycles. The quantitative estimate of drug-likeness (QED) is 0.516. The molecule has 0 spiro atoms. The minimum Gasteiger partial charge on any atom is -0.292 e. The molecule has 0 aliphatic rings. The fourth-order valence-electron chi connectivity index (χ4n) is 2.60. The van der Waals surface area contributed by atoms with Gasteiger partial charge in [0, 0.05) is 5.56 Å². The highest BCUT2D eigenvalue weighted by Gasteiger charge is 2.15. The van der Waals surface area contributed by atoms with Gasteiger partial charge in [-0.15, -0.1) is 5.10 Å². The summed E-state index contributed by atoms with van der Waals surface area (Å²) in [6.45, 7) is -0.338. The maximum absolute atomic E-state index is 13.1. The molecule has 2 heterocycles. The predicted octanol–water partition coefficient (Wildman–Crippen LogP) is 2.14. The summed E-state index contributed by atoms with van der Waals surface area (Å²) in [7, 11) is 0. The lowest BCUT2D eigenvalue weighted by atomic mass is 10.1. The largest absolute Gasteiger partial charge is 0.292 e. The molecule has 0 bridgehead atoms. The standard InChI is InChI=1S/C18H11F2N5O2/c19-12-3-1-11(2-4-12)16(26)10-24-18(27)15-9-21-25(17(15)22-23-24)14-7-5-13(20)6-8-14/h1-9H,10H2. The second kappa shape index (κ2) is 6.52. The predicted molar refractivity (Wildman–Crippen MR) is 91.6 cm³/mol. The van der Waals surface area contributed by atoms with Crippen molar-refractivity contribution in [2.45, 2.75) is 6.54 Å². The van der Waals surface area contributed by atoms with Crippen molar-refractivity contribution >= 4 is 16.8 Å². The van der Waals surface area contributed by atoms with Crippen LogP contribution in [0.2, 0.25) is 0 Å². The molecule has 0 aliphatic carbocycles. The number of hydrogen-bond acceptors (Lipinski definition) is 5. The molecule has 0 saturated carbocycles. The van der Waals surface area contributed by atoms with Gasteiger partial charge in [0.2, 0.25) is 0 Å². The lowest BCUT2D eigenvalue weighted by Crippen LogP contribution is -2.27. The Morgan fingerprint density at radius 2 is 1.59 bits per heavy atom. The van der Waals surface area contributed by atoms with Crippen molar-refractivity contribution < 1.29 is 13.6 Å². The van der Waals surface area contributed by atoms with Crippen LogP contribution in [0.25, 0.3) is 16.7 Å². The minimum absolute atomic E-state index is 0.168. The number of carbonyl (C=O) groups excluding carboxylic acids is 1. The van der Waals surface area contributed by atoms with Crippen LogP contribution >= 0.6 is 0 Å². The maximum Gasteiger partial charge on any atom is 0.281 e. The molecule has 0 unspecified atom stereocenters. The van der Waals surface area contributed by atoms with Crippen LogP contribution in [0.5, 0.6) is 0 Å². The van der Waals surface area contributed by atoms with Gasteiger partial charge in [0.25, 0.3) is 5.56 Å². The van der Waals surface area contributed by atoms with E-state index in [1.54, 1.807) is 0 Å². The monoisotopic (exact) mass is 367 g/mol. The third-order valence-electron chi connectivity index (χ3n) is 3.99. The minimum atomic E-state index is -0.538. The van der Waals surface area contributed by atoms with Crippen LogP contribution in [0.3, 0.4) is 0 Å². The molecular formula is C18H11F2N5O2. The molecule has 0 fully saturated rings. The van der Waals surface area contributed by atoms with E-state index in [4.69, 9.17) is 0 Å². The summed E-state index contributed by atoms with van der Waals surface area (Å²) in [5.41, 5.74) is 0.424. The molecule has 7 nitrogen and oxygen atoms in total. The molecule has 134 valence electrons. The van der Waals surface area contributed by atoms with E-state index in [9.17, 15) is 18.4 Å². The number of carbonyl (C=O) groups is 1. The van der Waals surface area contributed by atoms with Gasteiger partial charge >= 0.3 is 0 Å². The van der Waals surface area contributed by atoms with E-state index < -0.39 is 23.0 Å². The van der Waals surface area contributed by atoms with E-state index >= 15 is 0 Å². The Labute approximate surface area is 150 Å². The Balaban J connectivity index is 1.69. The van der Waals surface area contributed by atoms with E-state index in [-0.39, 0.29) is 23.1 Å². The number of halogens is 2. The molecule has 27 heavy (non-hydrogen) atoms. The zero-order chi connectivity index (χ0) is 19.0. The van der Waals surface area contributed by atoms with Crippen molar-refractivity contribution in [3.05, 3.63) is 82.3 Å². The molecule has 0 radical (unpaired) electrons. The van der Waals surface area contributed by atoms with Crippen molar-refractivity contribution in [3.8, 4) is 5.69 Å². The Morgan fingerprint density at radius 1 is 0.963 bits per heavy atom. The number of hydrogen-bond donors (Lipinski definition) is 0. The fraction of sp³-hybridized carbons (Fsp3) is 0.0556. The van der Waals surface area contributed by atoms with Gasteiger partial charge in [-0.25, -0.2) is 18.1 Å². The average Bonchev–Trinajstić information content (AvgIpc) is 3.10. The molecule has 0 amide bonds. The number of Topliss-reactive ketones (excluding diaryl/α,β-unsaturated/α-hetero) is 1. The van der Waals surface area contributed by atoms with Crippen molar-refractivity contribution in [3.63, 3.8) is 0 Å². The summed E-state index contributed by atoms with van der Waals surface area (Å²) in [6.07, 6.45) is 1.31. The lowest BCUT2D eigenvalue weighted by Gasteiger charge is -2.05. The van der Waals surface area contributed by atoms with Gasteiger partial charge in [0.05, 0.1) is 11.9 Å². The van der Waals surface area contributed by atoms with Gasteiger partial charge < -0.3 is 0 Å². The van der Waals surface area contributed by atoms with Crippen LogP contribution < -0.4 is 5.56 Å². The number of rotatable bonds is 4. The molecular weight excluding hydrogens is 356 g/mol. The van der Waals surface area contributed by atoms with Crippen molar-refractivity contribution in [2.75, 3.05) is 0 Å². The van der Waals surface area contributed by atoms with E-state index in [2.05, 4.69) is 15.4 Å². The molecule has 0 N–H and O–H groups in total.